The van der Waals surface area contributed by atoms with Crippen LogP contribution in [0.3, 0.4) is 0 Å². The fourth-order valence-electron chi connectivity index (χ4n) is 3.05. The lowest BCUT2D eigenvalue weighted by Gasteiger charge is -2.18. The van der Waals surface area contributed by atoms with Crippen LogP contribution in [-0.2, 0) is 0 Å². The van der Waals surface area contributed by atoms with Gasteiger partial charge in [-0.05, 0) is 31.5 Å². The van der Waals surface area contributed by atoms with Gasteiger partial charge in [-0.1, -0.05) is 23.8 Å². The van der Waals surface area contributed by atoms with Crippen LogP contribution in [-0.4, -0.2) is 18.2 Å². The van der Waals surface area contributed by atoms with Gasteiger partial charge < -0.3 is 14.8 Å². The molecule has 2 aromatic carbocycles. The van der Waals surface area contributed by atoms with E-state index in [2.05, 4.69) is 48.4 Å². The van der Waals surface area contributed by atoms with E-state index in [4.69, 9.17) is 9.47 Å². The zero-order chi connectivity index (χ0) is 19.5. The van der Waals surface area contributed by atoms with Crippen molar-refractivity contribution in [3.8, 4) is 28.8 Å². The quantitative estimate of drug-likeness (QED) is 0.623. The number of aromatic nitrogens is 1. The van der Waals surface area contributed by atoms with Crippen LogP contribution in [0.1, 0.15) is 16.1 Å². The minimum atomic E-state index is 0.482. The number of anilines is 1. The van der Waals surface area contributed by atoms with Gasteiger partial charge in [0.05, 0.1) is 5.69 Å². The predicted octanol–water partition coefficient (Wildman–Crippen LogP) is 5.17. The van der Waals surface area contributed by atoms with Gasteiger partial charge in [0.2, 0.25) is 0 Å². The van der Waals surface area contributed by atoms with Crippen LogP contribution >= 0.6 is 11.3 Å². The van der Waals surface area contributed by atoms with Crippen LogP contribution in [0.25, 0.3) is 16.8 Å². The molecule has 6 heteroatoms. The number of hydrogen-bond donors (Lipinski definition) is 1. The highest BCUT2D eigenvalue weighted by Gasteiger charge is 2.13. The maximum absolute atomic E-state index is 9.58. The second-order valence-electron chi connectivity index (χ2n) is 6.53. The fraction of sp³-hybridized carbons (Fsp3) is 0.182. The van der Waals surface area contributed by atoms with Crippen molar-refractivity contribution in [2.24, 2.45) is 0 Å². The monoisotopic (exact) mass is 389 g/mol. The number of aryl methyl sites for hydroxylation is 2. The zero-order valence-corrected chi connectivity index (χ0v) is 16.5. The second-order valence-corrected chi connectivity index (χ2v) is 7.39. The zero-order valence-electron chi connectivity index (χ0n) is 15.7. The molecule has 0 saturated carbocycles. The van der Waals surface area contributed by atoms with Crippen molar-refractivity contribution in [1.29, 1.82) is 5.26 Å². The third-order valence-corrected chi connectivity index (χ3v) is 5.31. The van der Waals surface area contributed by atoms with Crippen LogP contribution < -0.4 is 14.8 Å². The Labute approximate surface area is 167 Å². The summed E-state index contributed by atoms with van der Waals surface area (Å²) in [4.78, 5) is 4.67. The summed E-state index contributed by atoms with van der Waals surface area (Å²) in [5.74, 6) is 1.44. The van der Waals surface area contributed by atoms with E-state index in [1.165, 1.54) is 22.5 Å². The molecule has 0 aliphatic carbocycles. The molecule has 0 fully saturated rings. The molecule has 0 saturated heterocycles. The minimum absolute atomic E-state index is 0.482. The molecule has 0 radical (unpaired) electrons. The number of ether oxygens (including phenoxy) is 2. The van der Waals surface area contributed by atoms with E-state index in [1.54, 1.807) is 6.20 Å². The van der Waals surface area contributed by atoms with Gasteiger partial charge in [0.25, 0.3) is 0 Å². The number of thiazole rings is 1. The van der Waals surface area contributed by atoms with Crippen molar-refractivity contribution in [1.82, 2.24) is 4.98 Å². The molecule has 0 amide bonds. The molecule has 0 spiro atoms. The van der Waals surface area contributed by atoms with Crippen molar-refractivity contribution in [3.63, 3.8) is 0 Å². The first-order chi connectivity index (χ1) is 13.6. The lowest BCUT2D eigenvalue weighted by molar-refractivity contribution is 0.171. The number of fused-ring (bicyclic) bond motifs is 1. The highest BCUT2D eigenvalue weighted by molar-refractivity contribution is 7.11. The van der Waals surface area contributed by atoms with Gasteiger partial charge in [0.15, 0.2) is 11.5 Å². The van der Waals surface area contributed by atoms with Crippen LogP contribution in [0.2, 0.25) is 0 Å². The van der Waals surface area contributed by atoms with E-state index in [0.717, 1.165) is 22.7 Å². The molecule has 2 heterocycles. The molecule has 0 atom stereocenters. The molecule has 1 N–H and O–H groups in total. The Bertz CT molecular complexity index is 1100. The molecule has 3 aromatic rings. The van der Waals surface area contributed by atoms with Crippen molar-refractivity contribution >= 4 is 22.6 Å². The lowest BCUT2D eigenvalue weighted by atomic mass is 10.0. The number of rotatable bonds is 4. The molecule has 5 nitrogen and oxygen atoms in total. The van der Waals surface area contributed by atoms with Gasteiger partial charge in [-0.15, -0.1) is 11.3 Å². The Morgan fingerprint density at radius 3 is 2.75 bits per heavy atom. The van der Waals surface area contributed by atoms with Crippen LogP contribution in [0.15, 0.2) is 48.0 Å². The topological polar surface area (TPSA) is 67.2 Å². The maximum atomic E-state index is 9.58. The van der Waals surface area contributed by atoms with Gasteiger partial charge in [0, 0.05) is 28.9 Å². The molecule has 0 bridgehead atoms. The summed E-state index contributed by atoms with van der Waals surface area (Å²) in [5, 5.41) is 15.4. The average molecular weight is 389 g/mol. The summed E-state index contributed by atoms with van der Waals surface area (Å²) in [7, 11) is 0. The first-order valence-electron chi connectivity index (χ1n) is 8.94. The molecular formula is C22H19N3O2S. The van der Waals surface area contributed by atoms with Crippen molar-refractivity contribution in [2.45, 2.75) is 13.8 Å². The molecular weight excluding hydrogens is 370 g/mol. The van der Waals surface area contributed by atoms with Gasteiger partial charge >= 0.3 is 0 Å². The first kappa shape index (κ1) is 18.1. The molecule has 0 unspecified atom stereocenters. The van der Waals surface area contributed by atoms with Gasteiger partial charge in [-0.3, -0.25) is 0 Å². The van der Waals surface area contributed by atoms with Crippen molar-refractivity contribution in [2.75, 3.05) is 18.5 Å². The van der Waals surface area contributed by atoms with Crippen LogP contribution in [0, 0.1) is 25.2 Å². The normalized spacial score (nSPS) is 13.1. The molecule has 4 rings (SSSR count). The standard InChI is InChI=1S/C22H19N3O2S/c1-14-3-5-18(15(2)9-14)19-13-28-22(25-19)16(11-23)12-24-17-4-6-20-21(10-17)27-8-7-26-20/h3-6,9-10,12-13,24H,7-8H2,1-2H3/b16-12+. The Morgan fingerprint density at radius 2 is 1.96 bits per heavy atom. The summed E-state index contributed by atoms with van der Waals surface area (Å²) in [5.41, 5.74) is 5.67. The second kappa shape index (κ2) is 7.75. The van der Waals surface area contributed by atoms with Crippen LogP contribution in [0.5, 0.6) is 11.5 Å². The Kier molecular flexibility index (Phi) is 5.00. The molecule has 1 aliphatic rings. The highest BCUT2D eigenvalue weighted by Crippen LogP contribution is 2.33. The van der Waals surface area contributed by atoms with E-state index >= 15 is 0 Å². The lowest BCUT2D eigenvalue weighted by Crippen LogP contribution is -2.15. The van der Waals surface area contributed by atoms with Gasteiger partial charge in [-0.2, -0.15) is 5.26 Å². The Hall–Kier alpha value is -3.30. The molecule has 1 aliphatic heterocycles. The Morgan fingerprint density at radius 1 is 1.14 bits per heavy atom. The number of benzene rings is 2. The number of hydrogen-bond acceptors (Lipinski definition) is 6. The summed E-state index contributed by atoms with van der Waals surface area (Å²) in [6.07, 6.45) is 1.68. The smallest absolute Gasteiger partial charge is 0.163 e. The van der Waals surface area contributed by atoms with Gasteiger partial charge in [0.1, 0.15) is 29.9 Å². The fourth-order valence-corrected chi connectivity index (χ4v) is 3.84. The predicted molar refractivity (Wildman–Crippen MR) is 112 cm³/mol. The number of nitriles is 1. The summed E-state index contributed by atoms with van der Waals surface area (Å²) < 4.78 is 11.1. The van der Waals surface area contributed by atoms with E-state index in [1.807, 2.05) is 23.6 Å². The van der Waals surface area contributed by atoms with E-state index < -0.39 is 0 Å². The minimum Gasteiger partial charge on any atom is -0.486 e. The average Bonchev–Trinajstić information content (AvgIpc) is 3.18. The van der Waals surface area contributed by atoms with Gasteiger partial charge in [-0.25, -0.2) is 4.98 Å². The van der Waals surface area contributed by atoms with Crippen LogP contribution in [0.4, 0.5) is 5.69 Å². The highest BCUT2D eigenvalue weighted by atomic mass is 32.1. The van der Waals surface area contributed by atoms with Crippen molar-refractivity contribution in [3.05, 3.63) is 64.1 Å². The van der Waals surface area contributed by atoms with E-state index in [9.17, 15) is 5.26 Å². The SMILES string of the molecule is Cc1ccc(-c2csc(/C(C#N)=C/Nc3ccc4c(c3)OCCO4)n2)c(C)c1. The summed E-state index contributed by atoms with van der Waals surface area (Å²) in [6, 6.07) is 14.1. The number of allylic oxidation sites excluding steroid dienone is 1. The third-order valence-electron chi connectivity index (χ3n) is 4.44. The van der Waals surface area contributed by atoms with Crippen molar-refractivity contribution < 1.29 is 9.47 Å². The summed E-state index contributed by atoms with van der Waals surface area (Å²) in [6.45, 7) is 5.25. The number of nitrogens with zero attached hydrogens (tertiary/aromatic N) is 2. The molecule has 1 aromatic heterocycles. The summed E-state index contributed by atoms with van der Waals surface area (Å²) >= 11 is 1.46. The van der Waals surface area contributed by atoms with E-state index in [-0.39, 0.29) is 0 Å². The third kappa shape index (κ3) is 3.71. The maximum Gasteiger partial charge on any atom is 0.163 e. The van der Waals surface area contributed by atoms with E-state index in [0.29, 0.717) is 29.5 Å². The molecule has 28 heavy (non-hydrogen) atoms. The Balaban J connectivity index is 1.56. The first-order valence-corrected chi connectivity index (χ1v) is 9.82. The molecule has 140 valence electrons. The largest absolute Gasteiger partial charge is 0.486 e. The number of nitrogens with one attached hydrogen (secondary N) is 1.